The molecule has 2 aromatic carbocycles. The van der Waals surface area contributed by atoms with Crippen LogP contribution < -0.4 is 0 Å². The zero-order valence-electron chi connectivity index (χ0n) is 17.3. The first kappa shape index (κ1) is 23.4. The van der Waals surface area contributed by atoms with Crippen molar-refractivity contribution in [2.45, 2.75) is 39.1 Å². The van der Waals surface area contributed by atoms with E-state index in [1.54, 1.807) is 11.3 Å². The fourth-order valence-electron chi connectivity index (χ4n) is 3.14. The van der Waals surface area contributed by atoms with Gasteiger partial charge in [-0.3, -0.25) is 4.18 Å². The standard InChI is InChI=1S/C22H22F3NO3S2/c1-14-4-6-17(7-5-14)20-13-30-21(26-20)12-19-11-15(2)18(10-16(19)3)8-9-29-31(27,28)22(23,24)25/h4-7,10-11,13H,8-9,12H2,1-3H3. The van der Waals surface area contributed by atoms with Crippen LogP contribution >= 0.6 is 11.3 Å². The maximum absolute atomic E-state index is 12.4. The van der Waals surface area contributed by atoms with Gasteiger partial charge < -0.3 is 0 Å². The van der Waals surface area contributed by atoms with E-state index in [1.807, 2.05) is 62.5 Å². The molecule has 3 rings (SSSR count). The number of thiazole rings is 1. The molecule has 0 saturated carbocycles. The van der Waals surface area contributed by atoms with Gasteiger partial charge in [-0.05, 0) is 49.4 Å². The lowest BCUT2D eigenvalue weighted by atomic mass is 9.97. The summed E-state index contributed by atoms with van der Waals surface area (Å²) in [4.78, 5) is 4.72. The second kappa shape index (κ2) is 9.10. The number of hydrogen-bond acceptors (Lipinski definition) is 5. The van der Waals surface area contributed by atoms with E-state index in [4.69, 9.17) is 4.98 Å². The number of nitrogens with zero attached hydrogens (tertiary/aromatic N) is 1. The Labute approximate surface area is 183 Å². The Morgan fingerprint density at radius 1 is 1.00 bits per heavy atom. The van der Waals surface area contributed by atoms with E-state index >= 15 is 0 Å². The lowest BCUT2D eigenvalue weighted by Gasteiger charge is -2.13. The predicted molar refractivity (Wildman–Crippen MR) is 116 cm³/mol. The number of benzene rings is 2. The van der Waals surface area contributed by atoms with Gasteiger partial charge in [0.25, 0.3) is 0 Å². The largest absolute Gasteiger partial charge is 0.523 e. The molecule has 0 unspecified atom stereocenters. The van der Waals surface area contributed by atoms with Gasteiger partial charge in [-0.15, -0.1) is 11.3 Å². The van der Waals surface area contributed by atoms with Crippen molar-refractivity contribution in [3.05, 3.63) is 74.6 Å². The summed E-state index contributed by atoms with van der Waals surface area (Å²) in [6.45, 7) is 5.23. The number of halogens is 3. The molecule has 4 nitrogen and oxygen atoms in total. The molecule has 166 valence electrons. The monoisotopic (exact) mass is 469 g/mol. The molecule has 0 aliphatic carbocycles. The lowest BCUT2D eigenvalue weighted by Crippen LogP contribution is -2.26. The van der Waals surface area contributed by atoms with E-state index in [1.165, 1.54) is 5.56 Å². The molecule has 1 aromatic heterocycles. The minimum absolute atomic E-state index is 0.0666. The Bertz CT molecular complexity index is 1170. The van der Waals surface area contributed by atoms with Crippen LogP contribution in [-0.4, -0.2) is 25.5 Å². The third kappa shape index (κ3) is 5.72. The Hall–Kier alpha value is -2.23. The van der Waals surface area contributed by atoms with Crippen LogP contribution in [0.25, 0.3) is 11.3 Å². The van der Waals surface area contributed by atoms with E-state index in [0.717, 1.165) is 38.5 Å². The van der Waals surface area contributed by atoms with E-state index in [0.29, 0.717) is 6.42 Å². The van der Waals surface area contributed by atoms with Crippen molar-refractivity contribution >= 4 is 21.5 Å². The molecule has 0 atom stereocenters. The molecule has 1 heterocycles. The highest BCUT2D eigenvalue weighted by Crippen LogP contribution is 2.27. The van der Waals surface area contributed by atoms with Crippen LogP contribution in [-0.2, 0) is 27.1 Å². The maximum atomic E-state index is 12.4. The van der Waals surface area contributed by atoms with Gasteiger partial charge in [0.1, 0.15) is 0 Å². The van der Waals surface area contributed by atoms with Gasteiger partial charge >= 0.3 is 15.6 Å². The quantitative estimate of drug-likeness (QED) is 0.327. The Morgan fingerprint density at radius 2 is 1.61 bits per heavy atom. The molecule has 0 saturated heterocycles. The van der Waals surface area contributed by atoms with Crippen molar-refractivity contribution in [2.75, 3.05) is 6.61 Å². The van der Waals surface area contributed by atoms with Crippen LogP contribution in [0.1, 0.15) is 32.8 Å². The summed E-state index contributed by atoms with van der Waals surface area (Å²) in [5, 5.41) is 2.99. The Morgan fingerprint density at radius 3 is 2.26 bits per heavy atom. The third-order valence-corrected chi connectivity index (χ3v) is 6.82. The van der Waals surface area contributed by atoms with Gasteiger partial charge in [-0.1, -0.05) is 42.0 Å². The third-order valence-electron chi connectivity index (χ3n) is 4.93. The van der Waals surface area contributed by atoms with Crippen LogP contribution in [0.4, 0.5) is 13.2 Å². The SMILES string of the molecule is Cc1ccc(-c2csc(Cc3cc(C)c(CCOS(=O)(=O)C(F)(F)F)cc3C)n2)cc1. The fraction of sp³-hybridized carbons (Fsp3) is 0.318. The first-order valence-electron chi connectivity index (χ1n) is 9.52. The number of rotatable bonds is 7. The smallest absolute Gasteiger partial charge is 0.263 e. The second-order valence-electron chi connectivity index (χ2n) is 7.35. The minimum atomic E-state index is -5.57. The Balaban J connectivity index is 1.69. The summed E-state index contributed by atoms with van der Waals surface area (Å²) < 4.78 is 63.3. The van der Waals surface area contributed by atoms with Crippen molar-refractivity contribution in [1.29, 1.82) is 0 Å². The van der Waals surface area contributed by atoms with Crippen molar-refractivity contribution in [2.24, 2.45) is 0 Å². The molecule has 0 amide bonds. The zero-order chi connectivity index (χ0) is 22.8. The highest BCUT2D eigenvalue weighted by Gasteiger charge is 2.47. The summed E-state index contributed by atoms with van der Waals surface area (Å²) in [6, 6.07) is 12.0. The highest BCUT2D eigenvalue weighted by atomic mass is 32.2. The molecule has 0 spiro atoms. The van der Waals surface area contributed by atoms with Crippen molar-refractivity contribution in [3.8, 4) is 11.3 Å². The molecule has 0 N–H and O–H groups in total. The molecule has 0 fully saturated rings. The van der Waals surface area contributed by atoms with Gasteiger partial charge in [0, 0.05) is 17.4 Å². The molecule has 9 heteroatoms. The number of alkyl halides is 3. The Kier molecular flexibility index (Phi) is 6.88. The molecule has 0 radical (unpaired) electrons. The summed E-state index contributed by atoms with van der Waals surface area (Å²) in [6.07, 6.45) is 0.708. The summed E-state index contributed by atoms with van der Waals surface area (Å²) >= 11 is 1.58. The zero-order valence-corrected chi connectivity index (χ0v) is 18.9. The summed E-state index contributed by atoms with van der Waals surface area (Å²) in [5.41, 5.74) is 1.40. The normalized spacial score (nSPS) is 12.3. The van der Waals surface area contributed by atoms with Crippen LogP contribution in [0, 0.1) is 20.8 Å². The van der Waals surface area contributed by atoms with E-state index < -0.39 is 22.2 Å². The molecule has 0 aliphatic rings. The van der Waals surface area contributed by atoms with Gasteiger partial charge in [0.05, 0.1) is 17.3 Å². The van der Waals surface area contributed by atoms with Gasteiger partial charge in [-0.25, -0.2) is 4.98 Å². The van der Waals surface area contributed by atoms with E-state index in [9.17, 15) is 21.6 Å². The van der Waals surface area contributed by atoms with Crippen molar-refractivity contribution in [1.82, 2.24) is 4.98 Å². The van der Waals surface area contributed by atoms with Crippen LogP contribution in [0.2, 0.25) is 0 Å². The van der Waals surface area contributed by atoms with Crippen LogP contribution in [0.3, 0.4) is 0 Å². The highest BCUT2D eigenvalue weighted by molar-refractivity contribution is 7.87. The van der Waals surface area contributed by atoms with Crippen LogP contribution in [0.15, 0.2) is 41.8 Å². The van der Waals surface area contributed by atoms with Gasteiger partial charge in [0.15, 0.2) is 0 Å². The average Bonchev–Trinajstić information content (AvgIpc) is 3.13. The predicted octanol–water partition coefficient (Wildman–Crippen LogP) is 5.73. The fourth-order valence-corrected chi connectivity index (χ4v) is 4.40. The topological polar surface area (TPSA) is 56.3 Å². The number of aromatic nitrogens is 1. The van der Waals surface area contributed by atoms with E-state index in [-0.39, 0.29) is 6.42 Å². The number of aryl methyl sites for hydroxylation is 3. The number of hydrogen-bond donors (Lipinski definition) is 0. The molecule has 3 aromatic rings. The van der Waals surface area contributed by atoms with Gasteiger partial charge in [0.2, 0.25) is 0 Å². The lowest BCUT2D eigenvalue weighted by molar-refractivity contribution is -0.0541. The first-order valence-corrected chi connectivity index (χ1v) is 11.8. The van der Waals surface area contributed by atoms with Gasteiger partial charge in [-0.2, -0.15) is 21.6 Å². The first-order chi connectivity index (χ1) is 14.5. The molecule has 0 bridgehead atoms. The summed E-state index contributed by atoms with van der Waals surface area (Å²) in [7, 11) is -5.57. The maximum Gasteiger partial charge on any atom is 0.523 e. The molecular formula is C22H22F3NO3S2. The molecule has 31 heavy (non-hydrogen) atoms. The minimum Gasteiger partial charge on any atom is -0.263 e. The van der Waals surface area contributed by atoms with E-state index in [2.05, 4.69) is 4.18 Å². The second-order valence-corrected chi connectivity index (χ2v) is 9.90. The molecule has 0 aliphatic heterocycles. The van der Waals surface area contributed by atoms with Crippen LogP contribution in [0.5, 0.6) is 0 Å². The average molecular weight is 470 g/mol. The summed E-state index contributed by atoms with van der Waals surface area (Å²) in [5.74, 6) is 0. The van der Waals surface area contributed by atoms with Crippen molar-refractivity contribution < 1.29 is 25.8 Å². The molecular weight excluding hydrogens is 447 g/mol. The van der Waals surface area contributed by atoms with Crippen molar-refractivity contribution in [3.63, 3.8) is 0 Å².